The van der Waals surface area contributed by atoms with Gasteiger partial charge in [-0.3, -0.25) is 0 Å². The summed E-state index contributed by atoms with van der Waals surface area (Å²) in [6.45, 7) is 7.16. The van der Waals surface area contributed by atoms with Gasteiger partial charge in [-0.15, -0.1) is 16.7 Å². The number of aliphatic hydroxyl groups is 2. The Morgan fingerprint density at radius 2 is 1.79 bits per heavy atom. The third kappa shape index (κ3) is 6.84. The van der Waals surface area contributed by atoms with Crippen LogP contribution in [-0.2, 0) is 18.6 Å². The van der Waals surface area contributed by atoms with Gasteiger partial charge in [0.1, 0.15) is 24.2 Å². The number of nitrogens with zero attached hydrogens (tertiary/aromatic N) is 3. The molecule has 1 aromatic heterocycles. The molecule has 0 spiro atoms. The van der Waals surface area contributed by atoms with E-state index in [9.17, 15) is 10.2 Å². The summed E-state index contributed by atoms with van der Waals surface area (Å²) in [7, 11) is 0. The zero-order valence-corrected chi connectivity index (χ0v) is 22.5. The Labute approximate surface area is 219 Å². The average molecular weight is 596 g/mol. The molecule has 0 aliphatic rings. The van der Waals surface area contributed by atoms with E-state index < -0.39 is 6.10 Å². The number of ether oxygens (including phenoxy) is 2. The maximum atomic E-state index is 10.3. The predicted octanol–water partition coefficient (Wildman–Crippen LogP) is 4.39. The van der Waals surface area contributed by atoms with E-state index >= 15 is 0 Å². The minimum Gasteiger partial charge on any atom is -0.492 e. The molecule has 3 rings (SSSR count). The topological polar surface area (TPSA) is 89.6 Å². The third-order valence-electron chi connectivity index (χ3n) is 5.70. The van der Waals surface area contributed by atoms with Gasteiger partial charge in [0.05, 0.1) is 35.2 Å². The molecule has 34 heavy (non-hydrogen) atoms. The number of aromatic nitrogens is 3. The normalized spacial score (nSPS) is 13.5. The van der Waals surface area contributed by atoms with Gasteiger partial charge in [0.15, 0.2) is 0 Å². The zero-order chi connectivity index (χ0) is 24.7. The molecule has 3 aromatic rings. The van der Waals surface area contributed by atoms with Crippen LogP contribution in [0.4, 0.5) is 0 Å². The summed E-state index contributed by atoms with van der Waals surface area (Å²) < 4.78 is 14.2. The van der Waals surface area contributed by atoms with Gasteiger partial charge in [0, 0.05) is 17.2 Å². The first-order chi connectivity index (χ1) is 16.2. The first-order valence-corrected chi connectivity index (χ1v) is 12.7. The summed E-state index contributed by atoms with van der Waals surface area (Å²) in [6.07, 6.45) is 0.691. The number of alkyl halides is 1. The monoisotopic (exact) mass is 595 g/mol. The van der Waals surface area contributed by atoms with Crippen LogP contribution in [0.25, 0.3) is 0 Å². The van der Waals surface area contributed by atoms with E-state index in [4.69, 9.17) is 21.1 Å². The van der Waals surface area contributed by atoms with Crippen LogP contribution in [0, 0.1) is 9.49 Å². The van der Waals surface area contributed by atoms with Crippen molar-refractivity contribution in [3.8, 4) is 11.5 Å². The molecule has 2 N–H and O–H groups in total. The second kappa shape index (κ2) is 12.2. The molecule has 0 saturated carbocycles. The molecule has 184 valence electrons. The van der Waals surface area contributed by atoms with Gasteiger partial charge in [-0.25, -0.2) is 4.68 Å². The van der Waals surface area contributed by atoms with E-state index in [-0.39, 0.29) is 25.2 Å². The number of hydrogen-bond acceptors (Lipinski definition) is 6. The average Bonchev–Trinajstić information content (AvgIpc) is 3.28. The maximum absolute atomic E-state index is 10.3. The second-order valence-electron chi connectivity index (χ2n) is 8.90. The Balaban J connectivity index is 1.61. The van der Waals surface area contributed by atoms with Crippen molar-refractivity contribution in [1.82, 2.24) is 15.0 Å². The fraction of sp³-hybridized carbons (Fsp3) is 0.440. The number of benzene rings is 2. The molecule has 9 heteroatoms. The van der Waals surface area contributed by atoms with Crippen molar-refractivity contribution in [2.45, 2.75) is 45.4 Å². The molecule has 0 radical (unpaired) electrons. The Hall–Kier alpha value is -1.88. The lowest BCUT2D eigenvalue weighted by atomic mass is 9.78. The fourth-order valence-corrected chi connectivity index (χ4v) is 4.18. The molecule has 0 amide bonds. The van der Waals surface area contributed by atoms with Crippen LogP contribution in [0.5, 0.6) is 11.5 Å². The minimum atomic E-state index is -0.779. The highest BCUT2D eigenvalue weighted by atomic mass is 123. The van der Waals surface area contributed by atoms with E-state index in [0.29, 0.717) is 29.8 Å². The molecule has 0 bridgehead atoms. The molecule has 0 fully saturated rings. The molecule has 0 aliphatic heterocycles. The predicted molar refractivity (Wildman–Crippen MR) is 141 cm³/mol. The lowest BCUT2D eigenvalue weighted by Crippen LogP contribution is -2.25. The number of aliphatic hydroxyl groups excluding tert-OH is 2. The minimum absolute atomic E-state index is 0.107. The van der Waals surface area contributed by atoms with Crippen LogP contribution in [0.2, 0.25) is 0 Å². The van der Waals surface area contributed by atoms with Crippen molar-refractivity contribution < 1.29 is 19.7 Å². The first kappa shape index (κ1) is 26.7. The smallest absolute Gasteiger partial charge is 0.132 e. The molecule has 2 atom stereocenters. The quantitative estimate of drug-likeness (QED) is 0.239. The summed E-state index contributed by atoms with van der Waals surface area (Å²) >= 11 is 8.19. The van der Waals surface area contributed by atoms with E-state index in [2.05, 4.69) is 65.8 Å². The Bertz CT molecular complexity index is 1060. The Kier molecular flexibility index (Phi) is 9.58. The number of rotatable bonds is 12. The van der Waals surface area contributed by atoms with Crippen LogP contribution in [0.3, 0.4) is 0 Å². The van der Waals surface area contributed by atoms with Gasteiger partial charge in [-0.2, -0.15) is 0 Å². The van der Waals surface area contributed by atoms with Crippen molar-refractivity contribution in [3.63, 3.8) is 0 Å². The third-order valence-corrected chi connectivity index (χ3v) is 7.07. The summed E-state index contributed by atoms with van der Waals surface area (Å²) in [5.41, 5.74) is 2.67. The van der Waals surface area contributed by atoms with Crippen LogP contribution in [0.15, 0.2) is 48.7 Å². The molecule has 0 unspecified atom stereocenters. The summed E-state index contributed by atoms with van der Waals surface area (Å²) in [5.74, 6) is 2.42. The Morgan fingerprint density at radius 3 is 2.44 bits per heavy atom. The summed E-state index contributed by atoms with van der Waals surface area (Å²) in [6, 6.07) is 14.2. The zero-order valence-electron chi connectivity index (χ0n) is 19.6. The van der Waals surface area contributed by atoms with Gasteiger partial charge in [-0.1, -0.05) is 44.2 Å². The lowest BCUT2D eigenvalue weighted by molar-refractivity contribution is 0.0866. The van der Waals surface area contributed by atoms with Gasteiger partial charge in [0.25, 0.3) is 0 Å². The number of hydrogen-bond donors (Lipinski definition) is 2. The lowest BCUT2D eigenvalue weighted by Gasteiger charge is -2.27. The van der Waals surface area contributed by atoms with Gasteiger partial charge in [0.2, 0.25) is 0 Å². The maximum Gasteiger partial charge on any atom is 0.132 e. The standard InChI is InChI=1S/C25H31ClIN3O4/c1-17(11-26)15-34-24-9-6-19(10-23(24)27)25(2,3)18-4-7-22(8-5-18)33-16-21(32)13-30-20(14-31)12-28-29-30/h4-10,12,17,21,31-32H,11,13-16H2,1-3H3/t17-,21+/m0/s1/i27-4. The SMILES string of the molecule is C[C@@H](CCl)COc1ccc(C(C)(C)c2ccc(OC[C@H](O)Cn3nncc3CO)cc2)cc1[123I]. The fourth-order valence-electron chi connectivity index (χ4n) is 3.42. The van der Waals surface area contributed by atoms with E-state index in [1.165, 1.54) is 16.4 Å². The van der Waals surface area contributed by atoms with Crippen molar-refractivity contribution in [2.75, 3.05) is 19.1 Å². The van der Waals surface area contributed by atoms with Crippen LogP contribution in [0.1, 0.15) is 37.6 Å². The summed E-state index contributed by atoms with van der Waals surface area (Å²) in [5, 5.41) is 27.1. The second-order valence-corrected chi connectivity index (χ2v) is 10.4. The molecule has 7 nitrogen and oxygen atoms in total. The van der Waals surface area contributed by atoms with Crippen LogP contribution in [-0.4, -0.2) is 50.4 Å². The van der Waals surface area contributed by atoms with E-state index in [1.54, 1.807) is 0 Å². The van der Waals surface area contributed by atoms with E-state index in [1.807, 2.05) is 30.3 Å². The molecule has 0 aliphatic carbocycles. The van der Waals surface area contributed by atoms with Crippen LogP contribution >= 0.6 is 34.2 Å². The van der Waals surface area contributed by atoms with Gasteiger partial charge in [-0.05, 0) is 58.0 Å². The van der Waals surface area contributed by atoms with Crippen molar-refractivity contribution in [1.29, 1.82) is 0 Å². The number of halogens is 2. The van der Waals surface area contributed by atoms with Crippen molar-refractivity contribution in [3.05, 3.63) is 69.1 Å². The van der Waals surface area contributed by atoms with Crippen molar-refractivity contribution in [2.24, 2.45) is 5.92 Å². The molecule has 2 aromatic carbocycles. The van der Waals surface area contributed by atoms with Gasteiger partial charge < -0.3 is 19.7 Å². The highest BCUT2D eigenvalue weighted by Gasteiger charge is 2.24. The van der Waals surface area contributed by atoms with Crippen molar-refractivity contribution >= 4 is 34.2 Å². The van der Waals surface area contributed by atoms with Gasteiger partial charge >= 0.3 is 0 Å². The molecule has 1 heterocycles. The summed E-state index contributed by atoms with van der Waals surface area (Å²) in [4.78, 5) is 0. The highest BCUT2D eigenvalue weighted by molar-refractivity contribution is 14.1. The molecule has 0 saturated heterocycles. The molecular formula is C25H31ClIN3O4. The largest absolute Gasteiger partial charge is 0.492 e. The Morgan fingerprint density at radius 1 is 1.09 bits per heavy atom. The first-order valence-electron chi connectivity index (χ1n) is 11.1. The molecular weight excluding hydrogens is 565 g/mol. The van der Waals surface area contributed by atoms with Crippen LogP contribution < -0.4 is 9.47 Å². The van der Waals surface area contributed by atoms with E-state index in [0.717, 1.165) is 14.9 Å². The highest BCUT2D eigenvalue weighted by Crippen LogP contribution is 2.35.